The maximum absolute atomic E-state index is 11.6. The number of carbonyl (C=O) groups is 1. The molecule has 0 aromatic rings. The molecule has 1 amide bonds. The van der Waals surface area contributed by atoms with E-state index in [1.165, 1.54) is 12.4 Å². The van der Waals surface area contributed by atoms with Crippen LogP contribution in [0.3, 0.4) is 0 Å². The zero-order chi connectivity index (χ0) is 8.20. The lowest BCUT2D eigenvalue weighted by Gasteiger charge is -2.01. The van der Waals surface area contributed by atoms with E-state index in [9.17, 15) is 13.6 Å². The van der Waals surface area contributed by atoms with Gasteiger partial charge in [0.05, 0.1) is 0 Å². The Labute approximate surface area is 56.8 Å². The van der Waals surface area contributed by atoms with Crippen molar-refractivity contribution in [2.24, 2.45) is 0 Å². The van der Waals surface area contributed by atoms with Crippen molar-refractivity contribution < 1.29 is 23.1 Å². The Bertz CT molecular complexity index is 166. The van der Waals surface area contributed by atoms with Crippen LogP contribution in [-0.4, -0.2) is 10.8 Å². The zero-order valence-electron chi connectivity index (χ0n) is 5.20. The van der Waals surface area contributed by atoms with Gasteiger partial charge in [0.2, 0.25) is 5.91 Å². The molecule has 0 radical (unpaired) electrons. The van der Waals surface area contributed by atoms with Crippen LogP contribution in [0.1, 0.15) is 13.3 Å². The van der Waals surface area contributed by atoms with E-state index in [4.69, 9.17) is 4.89 Å². The summed E-state index contributed by atoms with van der Waals surface area (Å²) in [6, 6.07) is 0. The predicted octanol–water partition coefficient (Wildman–Crippen LogP) is 0.514. The second-order valence-corrected chi connectivity index (χ2v) is 2.51. The van der Waals surface area contributed by atoms with Gasteiger partial charge in [-0.15, -0.1) is 4.20 Å². The van der Waals surface area contributed by atoms with Crippen molar-refractivity contribution in [2.45, 2.75) is 13.3 Å². The third-order valence-electron chi connectivity index (χ3n) is 0.593. The molecule has 2 N–H and O–H groups in total. The number of halogens is 1. The van der Waals surface area contributed by atoms with Crippen molar-refractivity contribution >= 4 is 13.8 Å². The lowest BCUT2D eigenvalue weighted by Crippen LogP contribution is -2.20. The quantitative estimate of drug-likeness (QED) is 0.479. The largest absolute Gasteiger partial charge is 0.532 e. The van der Waals surface area contributed by atoms with Crippen molar-refractivity contribution in [3.63, 3.8) is 0 Å². The van der Waals surface area contributed by atoms with Gasteiger partial charge in [0, 0.05) is 6.42 Å². The molecule has 0 bridgehead atoms. The topological polar surface area (TPSA) is 75.6 Å². The number of amides is 1. The van der Waals surface area contributed by atoms with Gasteiger partial charge < -0.3 is 0 Å². The highest BCUT2D eigenvalue weighted by molar-refractivity contribution is 7.46. The maximum atomic E-state index is 11.6. The minimum atomic E-state index is -5.06. The Morgan fingerprint density at radius 2 is 2.40 bits per heavy atom. The van der Waals surface area contributed by atoms with Crippen LogP contribution in [0.2, 0.25) is 0 Å². The fourth-order valence-corrected chi connectivity index (χ4v) is 0.394. The summed E-state index contributed by atoms with van der Waals surface area (Å²) in [6.07, 6.45) is 0.0556. The summed E-state index contributed by atoms with van der Waals surface area (Å²) < 4.78 is 24.7. The van der Waals surface area contributed by atoms with Gasteiger partial charge in [0.15, 0.2) is 0 Å². The summed E-state index contributed by atoms with van der Waals surface area (Å²) in [7, 11) is -5.06. The first-order chi connectivity index (χ1) is 4.45. The van der Waals surface area contributed by atoms with Gasteiger partial charge in [-0.25, -0.2) is 10.0 Å². The van der Waals surface area contributed by atoms with Crippen LogP contribution in [0.4, 0.5) is 4.20 Å². The highest BCUT2D eigenvalue weighted by Crippen LogP contribution is 2.41. The van der Waals surface area contributed by atoms with Crippen LogP contribution >= 0.6 is 7.91 Å². The second-order valence-electron chi connectivity index (χ2n) is 1.42. The summed E-state index contributed by atoms with van der Waals surface area (Å²) in [5, 5.41) is 0. The first-order valence-corrected chi connectivity index (χ1v) is 3.92. The first-order valence-electron chi connectivity index (χ1n) is 2.45. The Kier molecular flexibility index (Phi) is 3.49. The van der Waals surface area contributed by atoms with E-state index in [-0.39, 0.29) is 6.42 Å². The molecule has 0 aliphatic carbocycles. The average molecular weight is 171 g/mol. The Morgan fingerprint density at radius 3 is 2.70 bits per heavy atom. The van der Waals surface area contributed by atoms with E-state index in [0.29, 0.717) is 0 Å². The molecule has 1 unspecified atom stereocenters. The highest BCUT2D eigenvalue weighted by atomic mass is 31.2. The predicted molar refractivity (Wildman–Crippen MR) is 30.5 cm³/mol. The molecule has 5 nitrogen and oxygen atoms in total. The number of nitrogens with one attached hydrogen (secondary N) is 1. The second kappa shape index (κ2) is 3.65. The molecule has 0 aliphatic rings. The minimum Gasteiger partial charge on any atom is -0.298 e. The van der Waals surface area contributed by atoms with Crippen LogP contribution in [0.25, 0.3) is 0 Å². The molecular formula is C3H7FNO4P. The molecular weight excluding hydrogens is 164 g/mol. The Hall–Kier alpha value is -0.450. The SMILES string of the molecule is CCC(=O)NOP(=O)(O)F. The molecule has 0 aromatic carbocycles. The van der Waals surface area contributed by atoms with Gasteiger partial charge in [-0.05, 0) is 0 Å². The number of hydrogen-bond acceptors (Lipinski definition) is 3. The standard InChI is InChI=1S/C3H7FNO4P/c1-2-3(6)5-9-10(4,7)8/h2H2,1H3,(H,5,6)(H,7,8). The van der Waals surface area contributed by atoms with Gasteiger partial charge >= 0.3 is 7.91 Å². The zero-order valence-corrected chi connectivity index (χ0v) is 6.10. The highest BCUT2D eigenvalue weighted by Gasteiger charge is 2.18. The van der Waals surface area contributed by atoms with E-state index in [0.717, 1.165) is 0 Å². The molecule has 0 saturated heterocycles. The maximum Gasteiger partial charge on any atom is 0.532 e. The van der Waals surface area contributed by atoms with Crippen molar-refractivity contribution in [1.29, 1.82) is 0 Å². The van der Waals surface area contributed by atoms with Crippen molar-refractivity contribution in [3.05, 3.63) is 0 Å². The fourth-order valence-electron chi connectivity index (χ4n) is 0.179. The van der Waals surface area contributed by atoms with Gasteiger partial charge in [-0.2, -0.15) is 4.62 Å². The van der Waals surface area contributed by atoms with Gasteiger partial charge in [-0.3, -0.25) is 9.69 Å². The monoisotopic (exact) mass is 171 g/mol. The third-order valence-corrected chi connectivity index (χ3v) is 0.910. The Morgan fingerprint density at radius 1 is 1.90 bits per heavy atom. The molecule has 0 heterocycles. The van der Waals surface area contributed by atoms with Crippen LogP contribution in [0.5, 0.6) is 0 Å². The third kappa shape index (κ3) is 5.68. The molecule has 7 heteroatoms. The van der Waals surface area contributed by atoms with Crippen LogP contribution in [-0.2, 0) is 14.0 Å². The number of rotatable bonds is 3. The molecule has 0 aromatic heterocycles. The van der Waals surface area contributed by atoms with E-state index < -0.39 is 13.8 Å². The van der Waals surface area contributed by atoms with E-state index in [1.807, 2.05) is 0 Å². The molecule has 0 saturated carbocycles. The molecule has 60 valence electrons. The van der Waals surface area contributed by atoms with Gasteiger partial charge in [0.1, 0.15) is 0 Å². The number of hydroxylamine groups is 1. The van der Waals surface area contributed by atoms with E-state index in [2.05, 4.69) is 4.62 Å². The Balaban J connectivity index is 3.56. The lowest BCUT2D eigenvalue weighted by molar-refractivity contribution is -0.128. The van der Waals surface area contributed by atoms with E-state index in [1.54, 1.807) is 0 Å². The number of carbonyl (C=O) groups excluding carboxylic acids is 1. The molecule has 10 heavy (non-hydrogen) atoms. The molecule has 0 rings (SSSR count). The van der Waals surface area contributed by atoms with Gasteiger partial charge in [0.25, 0.3) is 0 Å². The van der Waals surface area contributed by atoms with Gasteiger partial charge in [-0.1, -0.05) is 6.92 Å². The first kappa shape index (κ1) is 9.55. The normalized spacial score (nSPS) is 15.9. The summed E-state index contributed by atoms with van der Waals surface area (Å²) in [4.78, 5) is 18.0. The summed E-state index contributed by atoms with van der Waals surface area (Å²) >= 11 is 0. The van der Waals surface area contributed by atoms with Crippen molar-refractivity contribution in [2.75, 3.05) is 0 Å². The van der Waals surface area contributed by atoms with Crippen LogP contribution < -0.4 is 5.48 Å². The lowest BCUT2D eigenvalue weighted by atomic mass is 10.5. The fraction of sp³-hybridized carbons (Fsp3) is 0.667. The molecule has 0 spiro atoms. The minimum absolute atomic E-state index is 0.0556. The number of hydrogen-bond donors (Lipinski definition) is 2. The average Bonchev–Trinajstić information content (AvgIpc) is 1.81. The van der Waals surface area contributed by atoms with Crippen LogP contribution in [0.15, 0.2) is 0 Å². The van der Waals surface area contributed by atoms with Crippen LogP contribution in [0, 0.1) is 0 Å². The summed E-state index contributed by atoms with van der Waals surface area (Å²) in [5.74, 6) is -0.660. The van der Waals surface area contributed by atoms with E-state index >= 15 is 0 Å². The smallest absolute Gasteiger partial charge is 0.298 e. The summed E-state index contributed by atoms with van der Waals surface area (Å²) in [5.41, 5.74) is 1.45. The summed E-state index contributed by atoms with van der Waals surface area (Å²) in [6.45, 7) is 1.49. The van der Waals surface area contributed by atoms with Crippen molar-refractivity contribution in [3.8, 4) is 0 Å². The van der Waals surface area contributed by atoms with Crippen molar-refractivity contribution in [1.82, 2.24) is 5.48 Å². The molecule has 1 atom stereocenters. The molecule has 0 fully saturated rings. The molecule has 0 aliphatic heterocycles.